The van der Waals surface area contributed by atoms with Gasteiger partial charge < -0.3 is 4.57 Å². The zero-order chi connectivity index (χ0) is 13.1. The summed E-state index contributed by atoms with van der Waals surface area (Å²) in [6.45, 7) is 0.194. The third-order valence-electron chi connectivity index (χ3n) is 2.30. The van der Waals surface area contributed by atoms with Crippen LogP contribution in [0.4, 0.5) is 5.69 Å². The molecule has 2 heterocycles. The molecular weight excluding hydrogens is 302 g/mol. The van der Waals surface area contributed by atoms with Crippen LogP contribution in [0.5, 0.6) is 0 Å². The smallest absolute Gasteiger partial charge is 0.286 e. The lowest BCUT2D eigenvalue weighted by Gasteiger charge is -2.05. The van der Waals surface area contributed by atoms with Gasteiger partial charge in [0.2, 0.25) is 0 Å². The van der Waals surface area contributed by atoms with Gasteiger partial charge in [0.1, 0.15) is 0 Å². The van der Waals surface area contributed by atoms with Crippen LogP contribution in [0.2, 0.25) is 0 Å². The summed E-state index contributed by atoms with van der Waals surface area (Å²) in [6.07, 6.45) is 2.81. The second-order valence-corrected chi connectivity index (χ2v) is 4.41. The van der Waals surface area contributed by atoms with E-state index < -0.39 is 4.92 Å². The highest BCUT2D eigenvalue weighted by Crippen LogP contribution is 2.14. The number of pyridine rings is 2. The van der Waals surface area contributed by atoms with Crippen molar-refractivity contribution in [2.75, 3.05) is 0 Å². The number of nitrogens with zero attached hydrogens (tertiary/aromatic N) is 3. The lowest BCUT2D eigenvalue weighted by atomic mass is 10.3. The summed E-state index contributed by atoms with van der Waals surface area (Å²) in [6, 6.07) is 6.49. The summed E-state index contributed by atoms with van der Waals surface area (Å²) in [5.41, 5.74) is 0.190. The lowest BCUT2D eigenvalue weighted by Crippen LogP contribution is -2.21. The second-order valence-electron chi connectivity index (χ2n) is 3.56. The molecule has 7 heteroatoms. The largest absolute Gasteiger partial charge is 0.302 e. The minimum Gasteiger partial charge on any atom is -0.302 e. The molecule has 0 spiro atoms. The molecular formula is C11H8BrN3O3. The van der Waals surface area contributed by atoms with Gasteiger partial charge in [-0.05, 0) is 28.1 Å². The van der Waals surface area contributed by atoms with Crippen molar-refractivity contribution in [3.8, 4) is 0 Å². The van der Waals surface area contributed by atoms with E-state index in [4.69, 9.17) is 0 Å². The fraction of sp³-hybridized carbons (Fsp3) is 0.0909. The van der Waals surface area contributed by atoms with Gasteiger partial charge in [0.05, 0.1) is 27.8 Å². The molecule has 2 aromatic rings. The van der Waals surface area contributed by atoms with Crippen molar-refractivity contribution in [1.29, 1.82) is 0 Å². The Labute approximate surface area is 110 Å². The van der Waals surface area contributed by atoms with Crippen molar-refractivity contribution < 1.29 is 4.92 Å². The van der Waals surface area contributed by atoms with E-state index in [0.29, 0.717) is 5.69 Å². The minimum atomic E-state index is -0.543. The Morgan fingerprint density at radius 3 is 2.83 bits per heavy atom. The van der Waals surface area contributed by atoms with Crippen molar-refractivity contribution in [1.82, 2.24) is 9.55 Å². The number of hydrogen-bond acceptors (Lipinski definition) is 4. The predicted molar refractivity (Wildman–Crippen MR) is 68.4 cm³/mol. The van der Waals surface area contributed by atoms with E-state index in [2.05, 4.69) is 20.9 Å². The van der Waals surface area contributed by atoms with Crippen molar-refractivity contribution in [3.05, 3.63) is 67.3 Å². The third-order valence-corrected chi connectivity index (χ3v) is 2.87. The molecule has 0 aliphatic rings. The molecule has 92 valence electrons. The first-order chi connectivity index (χ1) is 8.58. The van der Waals surface area contributed by atoms with Gasteiger partial charge >= 0.3 is 0 Å². The zero-order valence-electron chi connectivity index (χ0n) is 9.12. The molecule has 0 radical (unpaired) electrons. The van der Waals surface area contributed by atoms with Crippen LogP contribution >= 0.6 is 15.9 Å². The molecule has 0 saturated carbocycles. The van der Waals surface area contributed by atoms with Gasteiger partial charge in [-0.3, -0.25) is 19.9 Å². The molecule has 18 heavy (non-hydrogen) atoms. The SMILES string of the molecule is O=c1c(Br)cc([N+](=O)[O-])cn1Cc1ccccn1. The molecule has 0 fully saturated rings. The van der Waals surface area contributed by atoms with Gasteiger partial charge in [-0.1, -0.05) is 6.07 Å². The number of hydrogen-bond donors (Lipinski definition) is 0. The minimum absolute atomic E-state index is 0.141. The Hall–Kier alpha value is -2.02. The van der Waals surface area contributed by atoms with E-state index in [-0.39, 0.29) is 22.3 Å². The van der Waals surface area contributed by atoms with Gasteiger partial charge in [0, 0.05) is 12.3 Å². The van der Waals surface area contributed by atoms with Crippen molar-refractivity contribution in [2.24, 2.45) is 0 Å². The predicted octanol–water partition coefficient (Wildman–Crippen LogP) is 1.96. The van der Waals surface area contributed by atoms with Crippen LogP contribution in [0, 0.1) is 10.1 Å². The molecule has 0 amide bonds. The first-order valence-electron chi connectivity index (χ1n) is 5.02. The summed E-state index contributed by atoms with van der Waals surface area (Å²) >= 11 is 3.02. The van der Waals surface area contributed by atoms with Crippen LogP contribution in [-0.4, -0.2) is 14.5 Å². The summed E-state index contributed by atoms with van der Waals surface area (Å²) < 4.78 is 1.41. The maximum Gasteiger partial charge on any atom is 0.286 e. The summed E-state index contributed by atoms with van der Waals surface area (Å²) in [7, 11) is 0. The number of halogens is 1. The fourth-order valence-electron chi connectivity index (χ4n) is 1.47. The first-order valence-corrected chi connectivity index (χ1v) is 5.81. The number of aromatic nitrogens is 2. The van der Waals surface area contributed by atoms with Crippen LogP contribution < -0.4 is 5.56 Å². The van der Waals surface area contributed by atoms with E-state index in [1.165, 1.54) is 16.8 Å². The van der Waals surface area contributed by atoms with Crippen molar-refractivity contribution in [2.45, 2.75) is 6.54 Å². The molecule has 0 saturated heterocycles. The van der Waals surface area contributed by atoms with Gasteiger partial charge in [0.15, 0.2) is 0 Å². The van der Waals surface area contributed by atoms with Gasteiger partial charge in [-0.2, -0.15) is 0 Å². The Kier molecular flexibility index (Phi) is 3.52. The van der Waals surface area contributed by atoms with E-state index in [1.807, 2.05) is 0 Å². The summed E-state index contributed by atoms with van der Waals surface area (Å²) in [5, 5.41) is 10.7. The average molecular weight is 310 g/mol. The number of nitro groups is 1. The van der Waals surface area contributed by atoms with E-state index in [9.17, 15) is 14.9 Å². The first kappa shape index (κ1) is 12.4. The highest BCUT2D eigenvalue weighted by Gasteiger charge is 2.12. The Bertz CT molecular complexity index is 640. The van der Waals surface area contributed by atoms with Crippen LogP contribution in [-0.2, 0) is 6.54 Å². The normalized spacial score (nSPS) is 10.3. The molecule has 0 unspecified atom stereocenters. The molecule has 0 aromatic carbocycles. The van der Waals surface area contributed by atoms with Crippen molar-refractivity contribution in [3.63, 3.8) is 0 Å². The lowest BCUT2D eigenvalue weighted by molar-refractivity contribution is -0.385. The summed E-state index contributed by atoms with van der Waals surface area (Å²) in [5.74, 6) is 0. The molecule has 2 aromatic heterocycles. The molecule has 6 nitrogen and oxygen atoms in total. The van der Waals surface area contributed by atoms with Crippen LogP contribution in [0.25, 0.3) is 0 Å². The summed E-state index contributed by atoms with van der Waals surface area (Å²) in [4.78, 5) is 26.1. The monoisotopic (exact) mass is 309 g/mol. The Morgan fingerprint density at radius 2 is 2.22 bits per heavy atom. The number of rotatable bonds is 3. The maximum absolute atomic E-state index is 11.8. The fourth-order valence-corrected chi connectivity index (χ4v) is 1.93. The van der Waals surface area contributed by atoms with Gasteiger partial charge in [-0.25, -0.2) is 0 Å². The van der Waals surface area contributed by atoms with Crippen LogP contribution in [0.1, 0.15) is 5.69 Å². The molecule has 0 N–H and O–H groups in total. The van der Waals surface area contributed by atoms with E-state index >= 15 is 0 Å². The quantitative estimate of drug-likeness (QED) is 0.641. The van der Waals surface area contributed by atoms with Gasteiger partial charge in [-0.15, -0.1) is 0 Å². The molecule has 0 bridgehead atoms. The second kappa shape index (κ2) is 5.09. The van der Waals surface area contributed by atoms with Gasteiger partial charge in [0.25, 0.3) is 11.2 Å². The average Bonchev–Trinajstić information content (AvgIpc) is 2.35. The molecule has 2 rings (SSSR count). The Morgan fingerprint density at radius 1 is 1.44 bits per heavy atom. The molecule has 0 aliphatic carbocycles. The zero-order valence-corrected chi connectivity index (χ0v) is 10.7. The molecule has 0 aliphatic heterocycles. The highest BCUT2D eigenvalue weighted by molar-refractivity contribution is 9.10. The van der Waals surface area contributed by atoms with Crippen LogP contribution in [0.3, 0.4) is 0 Å². The molecule has 0 atom stereocenters. The van der Waals surface area contributed by atoms with E-state index in [0.717, 1.165) is 0 Å². The van der Waals surface area contributed by atoms with Crippen molar-refractivity contribution >= 4 is 21.6 Å². The topological polar surface area (TPSA) is 78.0 Å². The standard InChI is InChI=1S/C11H8BrN3O3/c12-10-5-9(15(17)18)7-14(11(10)16)6-8-3-1-2-4-13-8/h1-5,7H,6H2. The van der Waals surface area contributed by atoms with Crippen LogP contribution in [0.15, 0.2) is 45.9 Å². The highest BCUT2D eigenvalue weighted by atomic mass is 79.9. The van der Waals surface area contributed by atoms with E-state index in [1.54, 1.807) is 24.4 Å². The Balaban J connectivity index is 2.44. The third kappa shape index (κ3) is 2.62. The maximum atomic E-state index is 11.8.